The lowest BCUT2D eigenvalue weighted by molar-refractivity contribution is -0.134. The summed E-state index contributed by atoms with van der Waals surface area (Å²) in [6, 6.07) is 2.40. The Morgan fingerprint density at radius 2 is 2.15 bits per heavy atom. The van der Waals surface area contributed by atoms with Gasteiger partial charge in [0.15, 0.2) is 5.96 Å². The van der Waals surface area contributed by atoms with Gasteiger partial charge in [-0.05, 0) is 48.2 Å². The van der Waals surface area contributed by atoms with Crippen LogP contribution in [0.2, 0.25) is 0 Å². The molecular formula is C18H28BrIN4OS. The highest BCUT2D eigenvalue weighted by Crippen LogP contribution is 2.27. The first-order valence-corrected chi connectivity index (χ1v) is 10.9. The number of aliphatic imine (C=N–C) groups is 1. The molecule has 1 aromatic rings. The van der Waals surface area contributed by atoms with Crippen molar-refractivity contribution in [2.75, 3.05) is 19.6 Å². The van der Waals surface area contributed by atoms with Gasteiger partial charge in [0.2, 0.25) is 5.91 Å². The molecule has 0 spiro atoms. The number of hydrogen-bond acceptors (Lipinski definition) is 3. The SMILES string of the molecule is CCNC(=NCc1cc(Br)cs1)NC1CCN(C(=O)C2CCCC2)C1.I. The van der Waals surface area contributed by atoms with Crippen molar-refractivity contribution in [1.82, 2.24) is 15.5 Å². The van der Waals surface area contributed by atoms with Gasteiger partial charge in [-0.1, -0.05) is 12.8 Å². The fourth-order valence-corrected chi connectivity index (χ4v) is 4.99. The van der Waals surface area contributed by atoms with Gasteiger partial charge in [-0.25, -0.2) is 4.99 Å². The Morgan fingerprint density at radius 1 is 1.38 bits per heavy atom. The number of carbonyl (C=O) groups is 1. The highest BCUT2D eigenvalue weighted by Gasteiger charge is 2.32. The van der Waals surface area contributed by atoms with E-state index in [1.54, 1.807) is 11.3 Å². The summed E-state index contributed by atoms with van der Waals surface area (Å²) in [6.45, 7) is 5.23. The molecule has 0 aromatic carbocycles. The van der Waals surface area contributed by atoms with Crippen LogP contribution in [0.25, 0.3) is 0 Å². The molecule has 2 fully saturated rings. The van der Waals surface area contributed by atoms with E-state index in [2.05, 4.69) is 49.9 Å². The number of carbonyl (C=O) groups excluding carboxylic acids is 1. The maximum absolute atomic E-state index is 12.6. The van der Waals surface area contributed by atoms with E-state index in [9.17, 15) is 4.79 Å². The van der Waals surface area contributed by atoms with Crippen LogP contribution < -0.4 is 10.6 Å². The molecule has 5 nitrogen and oxygen atoms in total. The van der Waals surface area contributed by atoms with Crippen LogP contribution in [0.3, 0.4) is 0 Å². The second-order valence-corrected chi connectivity index (χ2v) is 8.73. The van der Waals surface area contributed by atoms with E-state index in [0.717, 1.165) is 49.3 Å². The van der Waals surface area contributed by atoms with Crippen molar-refractivity contribution >= 4 is 63.1 Å². The summed E-state index contributed by atoms with van der Waals surface area (Å²) in [6.07, 6.45) is 5.57. The lowest BCUT2D eigenvalue weighted by Gasteiger charge is -2.21. The third-order valence-electron chi connectivity index (χ3n) is 4.90. The van der Waals surface area contributed by atoms with Gasteiger partial charge in [-0.3, -0.25) is 4.79 Å². The maximum atomic E-state index is 12.6. The van der Waals surface area contributed by atoms with Gasteiger partial charge in [0, 0.05) is 46.3 Å². The molecule has 1 saturated heterocycles. The predicted octanol–water partition coefficient (Wildman–Crippen LogP) is 3.97. The topological polar surface area (TPSA) is 56.7 Å². The average molecular weight is 555 g/mol. The van der Waals surface area contributed by atoms with Gasteiger partial charge in [-0.15, -0.1) is 35.3 Å². The van der Waals surface area contributed by atoms with Crippen molar-refractivity contribution in [3.05, 3.63) is 20.8 Å². The van der Waals surface area contributed by atoms with Gasteiger partial charge < -0.3 is 15.5 Å². The molecule has 8 heteroatoms. The molecule has 1 unspecified atom stereocenters. The predicted molar refractivity (Wildman–Crippen MR) is 122 cm³/mol. The third-order valence-corrected chi connectivity index (χ3v) is 6.59. The first-order valence-electron chi connectivity index (χ1n) is 9.22. The van der Waals surface area contributed by atoms with E-state index in [1.165, 1.54) is 17.7 Å². The van der Waals surface area contributed by atoms with Crippen molar-refractivity contribution in [3.63, 3.8) is 0 Å². The molecule has 0 radical (unpaired) electrons. The quantitative estimate of drug-likeness (QED) is 0.329. The Labute approximate surface area is 185 Å². The Hall–Kier alpha value is -0.350. The van der Waals surface area contributed by atoms with Crippen LogP contribution in [0.5, 0.6) is 0 Å². The van der Waals surface area contributed by atoms with Gasteiger partial charge in [0.25, 0.3) is 0 Å². The van der Waals surface area contributed by atoms with Crippen molar-refractivity contribution < 1.29 is 4.79 Å². The van der Waals surface area contributed by atoms with Crippen molar-refractivity contribution in [1.29, 1.82) is 0 Å². The number of guanidine groups is 1. The van der Waals surface area contributed by atoms with Crippen LogP contribution in [-0.4, -0.2) is 42.4 Å². The molecule has 2 aliphatic rings. The Morgan fingerprint density at radius 3 is 2.81 bits per heavy atom. The minimum Gasteiger partial charge on any atom is -0.357 e. The van der Waals surface area contributed by atoms with Crippen molar-refractivity contribution in [2.24, 2.45) is 10.9 Å². The highest BCUT2D eigenvalue weighted by atomic mass is 127. The molecule has 2 heterocycles. The second-order valence-electron chi connectivity index (χ2n) is 6.82. The molecule has 1 aromatic heterocycles. The summed E-state index contributed by atoms with van der Waals surface area (Å²) < 4.78 is 1.11. The molecule has 1 atom stereocenters. The zero-order chi connectivity index (χ0) is 17.6. The molecule has 1 amide bonds. The molecule has 2 N–H and O–H groups in total. The summed E-state index contributed by atoms with van der Waals surface area (Å²) in [5, 5.41) is 8.90. The summed E-state index contributed by atoms with van der Waals surface area (Å²) >= 11 is 5.19. The second kappa shape index (κ2) is 10.8. The number of nitrogens with one attached hydrogen (secondary N) is 2. The lowest BCUT2D eigenvalue weighted by Crippen LogP contribution is -2.45. The molecule has 1 aliphatic carbocycles. The van der Waals surface area contributed by atoms with E-state index in [4.69, 9.17) is 0 Å². The van der Waals surface area contributed by atoms with Crippen LogP contribution in [0.15, 0.2) is 20.9 Å². The minimum atomic E-state index is 0. The number of rotatable bonds is 5. The largest absolute Gasteiger partial charge is 0.357 e. The number of amides is 1. The van der Waals surface area contributed by atoms with Gasteiger partial charge in [-0.2, -0.15) is 0 Å². The lowest BCUT2D eigenvalue weighted by atomic mass is 10.1. The van der Waals surface area contributed by atoms with E-state index in [1.807, 2.05) is 4.90 Å². The van der Waals surface area contributed by atoms with E-state index < -0.39 is 0 Å². The normalized spacial score (nSPS) is 20.9. The minimum absolute atomic E-state index is 0. The van der Waals surface area contributed by atoms with Crippen LogP contribution >= 0.6 is 51.2 Å². The Balaban J connectivity index is 0.00000243. The molecule has 146 valence electrons. The summed E-state index contributed by atoms with van der Waals surface area (Å²) in [5.41, 5.74) is 0. The maximum Gasteiger partial charge on any atom is 0.225 e. The van der Waals surface area contributed by atoms with Gasteiger partial charge in [0.1, 0.15) is 0 Å². The first kappa shape index (κ1) is 21.9. The smallest absolute Gasteiger partial charge is 0.225 e. The third kappa shape index (κ3) is 6.09. The molecule has 0 bridgehead atoms. The molecule has 26 heavy (non-hydrogen) atoms. The summed E-state index contributed by atoms with van der Waals surface area (Å²) in [4.78, 5) is 20.5. The zero-order valence-electron chi connectivity index (χ0n) is 15.2. The number of likely N-dealkylation sites (tertiary alicyclic amines) is 1. The fraction of sp³-hybridized carbons (Fsp3) is 0.667. The molecule has 1 saturated carbocycles. The van der Waals surface area contributed by atoms with Crippen LogP contribution in [0.4, 0.5) is 0 Å². The van der Waals surface area contributed by atoms with Crippen LogP contribution in [0.1, 0.15) is 43.9 Å². The van der Waals surface area contributed by atoms with Gasteiger partial charge in [0.05, 0.1) is 6.54 Å². The number of hydrogen-bond donors (Lipinski definition) is 2. The van der Waals surface area contributed by atoms with Crippen molar-refractivity contribution in [2.45, 2.75) is 51.6 Å². The molecule has 1 aliphatic heterocycles. The zero-order valence-corrected chi connectivity index (χ0v) is 19.9. The molecule has 3 rings (SSSR count). The number of thiophene rings is 1. The average Bonchev–Trinajstić information content (AvgIpc) is 3.34. The Kier molecular flexibility index (Phi) is 9.16. The monoisotopic (exact) mass is 554 g/mol. The van der Waals surface area contributed by atoms with E-state index in [-0.39, 0.29) is 29.9 Å². The molecular weight excluding hydrogens is 527 g/mol. The summed E-state index contributed by atoms with van der Waals surface area (Å²) in [7, 11) is 0. The Bertz CT molecular complexity index is 618. The highest BCUT2D eigenvalue weighted by molar-refractivity contribution is 14.0. The van der Waals surface area contributed by atoms with Crippen molar-refractivity contribution in [3.8, 4) is 0 Å². The van der Waals surface area contributed by atoms with E-state index >= 15 is 0 Å². The van der Waals surface area contributed by atoms with Crippen LogP contribution in [-0.2, 0) is 11.3 Å². The summed E-state index contributed by atoms with van der Waals surface area (Å²) in [5.74, 6) is 1.48. The van der Waals surface area contributed by atoms with Crippen LogP contribution in [0, 0.1) is 5.92 Å². The standard InChI is InChI=1S/C18H27BrN4OS.HI/c1-2-20-18(21-10-16-9-14(19)12-25-16)22-15-7-8-23(11-15)17(24)13-5-3-4-6-13;/h9,12-13,15H,2-8,10-11H2,1H3,(H2,20,21,22);1H. The number of nitrogens with zero attached hydrogens (tertiary/aromatic N) is 2. The van der Waals surface area contributed by atoms with E-state index in [0.29, 0.717) is 18.5 Å². The first-order chi connectivity index (χ1) is 12.2. The fourth-order valence-electron chi connectivity index (χ4n) is 3.62. The number of halogens is 2. The van der Waals surface area contributed by atoms with Gasteiger partial charge >= 0.3 is 0 Å².